The first-order chi connectivity index (χ1) is 7.13. The molecule has 2 nitrogen and oxygen atoms in total. The number of alkyl halides is 2. The zero-order valence-electron chi connectivity index (χ0n) is 7.34. The van der Waals surface area contributed by atoms with Gasteiger partial charge in [-0.05, 0) is 18.1 Å². The van der Waals surface area contributed by atoms with Crippen LogP contribution in [0, 0.1) is 17.7 Å². The summed E-state index contributed by atoms with van der Waals surface area (Å²) in [7, 11) is 0. The van der Waals surface area contributed by atoms with Gasteiger partial charge >= 0.3 is 6.61 Å². The van der Waals surface area contributed by atoms with E-state index in [0.717, 1.165) is 18.2 Å². The van der Waals surface area contributed by atoms with E-state index in [4.69, 9.17) is 0 Å². The second-order valence-electron chi connectivity index (χ2n) is 2.41. The summed E-state index contributed by atoms with van der Waals surface area (Å²) < 4.78 is 40.5. The molecule has 0 heterocycles. The molecule has 0 fully saturated rings. The molecular formula is C10H5F3O2. The molecule has 0 radical (unpaired) electrons. The molecule has 15 heavy (non-hydrogen) atoms. The fourth-order valence-electron chi connectivity index (χ4n) is 0.900. The maximum atomic E-state index is 12.7. The van der Waals surface area contributed by atoms with Crippen LogP contribution in [-0.4, -0.2) is 12.9 Å². The first-order valence-electron chi connectivity index (χ1n) is 3.83. The Hall–Kier alpha value is -1.96. The summed E-state index contributed by atoms with van der Waals surface area (Å²) in [6.45, 7) is -3.07. The molecule has 0 bridgehead atoms. The lowest BCUT2D eigenvalue weighted by Gasteiger charge is -2.06. The number of ether oxygens (including phenoxy) is 1. The second kappa shape index (κ2) is 5.05. The molecule has 0 aliphatic heterocycles. The van der Waals surface area contributed by atoms with Crippen LogP contribution >= 0.6 is 0 Å². The van der Waals surface area contributed by atoms with Crippen molar-refractivity contribution in [2.45, 2.75) is 6.61 Å². The molecule has 0 saturated heterocycles. The maximum absolute atomic E-state index is 12.7. The maximum Gasteiger partial charge on any atom is 0.387 e. The zero-order chi connectivity index (χ0) is 11.3. The highest BCUT2D eigenvalue weighted by atomic mass is 19.3. The minimum Gasteiger partial charge on any atom is -0.433 e. The lowest BCUT2D eigenvalue weighted by molar-refractivity contribution is -0.103. The summed E-state index contributed by atoms with van der Waals surface area (Å²) in [4.78, 5) is 9.94. The van der Waals surface area contributed by atoms with Crippen molar-refractivity contribution in [1.82, 2.24) is 0 Å². The van der Waals surface area contributed by atoms with E-state index in [-0.39, 0.29) is 11.3 Å². The van der Waals surface area contributed by atoms with Crippen LogP contribution in [0.4, 0.5) is 13.2 Å². The summed E-state index contributed by atoms with van der Waals surface area (Å²) >= 11 is 0. The van der Waals surface area contributed by atoms with Crippen molar-refractivity contribution in [1.29, 1.82) is 0 Å². The Morgan fingerprint density at radius 3 is 2.73 bits per heavy atom. The Labute approximate surface area is 83.7 Å². The van der Waals surface area contributed by atoms with E-state index in [1.807, 2.05) is 5.92 Å². The molecular weight excluding hydrogens is 209 g/mol. The quantitative estimate of drug-likeness (QED) is 0.555. The third-order valence-corrected chi connectivity index (χ3v) is 1.43. The first kappa shape index (κ1) is 11.1. The minimum absolute atomic E-state index is 0.0313. The highest BCUT2D eigenvalue weighted by Crippen LogP contribution is 2.20. The van der Waals surface area contributed by atoms with Gasteiger partial charge in [-0.3, -0.25) is 4.79 Å². The van der Waals surface area contributed by atoms with E-state index >= 15 is 0 Å². The highest BCUT2D eigenvalue weighted by Gasteiger charge is 2.09. The van der Waals surface area contributed by atoms with E-state index in [1.165, 1.54) is 0 Å². The number of benzene rings is 1. The highest BCUT2D eigenvalue weighted by molar-refractivity contribution is 5.74. The average Bonchev–Trinajstić information content (AvgIpc) is 2.16. The Morgan fingerprint density at radius 2 is 2.13 bits per heavy atom. The van der Waals surface area contributed by atoms with Gasteiger partial charge in [-0.1, -0.05) is 5.92 Å². The third-order valence-electron chi connectivity index (χ3n) is 1.43. The summed E-state index contributed by atoms with van der Waals surface area (Å²) in [6, 6.07) is 2.97. The standard InChI is InChI=1S/C10H5F3O2/c11-8-4-3-7(2-1-5-14)9(6-8)15-10(12)13/h3-6,10H. The lowest BCUT2D eigenvalue weighted by Crippen LogP contribution is -2.03. The van der Waals surface area contributed by atoms with E-state index in [2.05, 4.69) is 10.7 Å². The van der Waals surface area contributed by atoms with Gasteiger partial charge < -0.3 is 4.74 Å². The van der Waals surface area contributed by atoms with E-state index < -0.39 is 12.4 Å². The van der Waals surface area contributed by atoms with Crippen molar-refractivity contribution in [3.8, 4) is 17.6 Å². The van der Waals surface area contributed by atoms with Gasteiger partial charge in [-0.25, -0.2) is 4.39 Å². The second-order valence-corrected chi connectivity index (χ2v) is 2.41. The monoisotopic (exact) mass is 214 g/mol. The molecule has 0 saturated carbocycles. The third kappa shape index (κ3) is 3.35. The predicted molar refractivity (Wildman–Crippen MR) is 46.0 cm³/mol. The number of carbonyl (C=O) groups is 1. The molecule has 1 aromatic carbocycles. The predicted octanol–water partition coefficient (Wildman–Crippen LogP) is 1.98. The van der Waals surface area contributed by atoms with Gasteiger partial charge in [0.1, 0.15) is 11.6 Å². The van der Waals surface area contributed by atoms with Crippen LogP contribution in [0.25, 0.3) is 0 Å². The van der Waals surface area contributed by atoms with Crippen molar-refractivity contribution >= 4 is 6.29 Å². The normalized spacial score (nSPS) is 9.33. The number of halogens is 3. The van der Waals surface area contributed by atoms with Crippen LogP contribution in [0.15, 0.2) is 18.2 Å². The van der Waals surface area contributed by atoms with Crippen LogP contribution in [-0.2, 0) is 4.79 Å². The van der Waals surface area contributed by atoms with Crippen molar-refractivity contribution in [2.75, 3.05) is 0 Å². The molecule has 1 aromatic rings. The fourth-order valence-corrected chi connectivity index (χ4v) is 0.900. The number of hydrogen-bond donors (Lipinski definition) is 0. The van der Waals surface area contributed by atoms with Crippen molar-refractivity contribution < 1.29 is 22.7 Å². The molecule has 0 aliphatic carbocycles. The van der Waals surface area contributed by atoms with Gasteiger partial charge in [-0.15, -0.1) is 0 Å². The van der Waals surface area contributed by atoms with E-state index in [9.17, 15) is 18.0 Å². The number of aldehydes is 1. The van der Waals surface area contributed by atoms with Crippen molar-refractivity contribution in [3.63, 3.8) is 0 Å². The Bertz CT molecular complexity index is 418. The van der Waals surface area contributed by atoms with Crippen molar-refractivity contribution in [2.24, 2.45) is 0 Å². The number of hydrogen-bond acceptors (Lipinski definition) is 2. The molecule has 0 atom stereocenters. The van der Waals surface area contributed by atoms with Gasteiger partial charge in [-0.2, -0.15) is 8.78 Å². The Balaban J connectivity index is 3.08. The molecule has 0 spiro atoms. The van der Waals surface area contributed by atoms with Crippen LogP contribution in [0.5, 0.6) is 5.75 Å². The lowest BCUT2D eigenvalue weighted by atomic mass is 10.2. The molecule has 1 rings (SSSR count). The SMILES string of the molecule is O=CC#Cc1ccc(F)cc1OC(F)F. The number of rotatable bonds is 2. The molecule has 78 valence electrons. The molecule has 0 amide bonds. The van der Waals surface area contributed by atoms with Crippen LogP contribution in [0.2, 0.25) is 0 Å². The summed E-state index contributed by atoms with van der Waals surface area (Å²) in [5, 5.41) is 0. The zero-order valence-corrected chi connectivity index (χ0v) is 7.34. The topological polar surface area (TPSA) is 26.3 Å². The Kier molecular flexibility index (Phi) is 3.75. The van der Waals surface area contributed by atoms with Crippen LogP contribution in [0.3, 0.4) is 0 Å². The smallest absolute Gasteiger partial charge is 0.387 e. The summed E-state index contributed by atoms with van der Waals surface area (Å²) in [5.41, 5.74) is 0.0313. The average molecular weight is 214 g/mol. The number of carbonyl (C=O) groups excluding carboxylic acids is 1. The van der Waals surface area contributed by atoms with Crippen LogP contribution in [0.1, 0.15) is 5.56 Å². The van der Waals surface area contributed by atoms with Gasteiger partial charge in [0.2, 0.25) is 0 Å². The summed E-state index contributed by atoms with van der Waals surface area (Å²) in [6.07, 6.45) is 0.301. The van der Waals surface area contributed by atoms with E-state index in [0.29, 0.717) is 6.29 Å². The molecule has 5 heteroatoms. The molecule has 0 aromatic heterocycles. The molecule has 0 unspecified atom stereocenters. The Morgan fingerprint density at radius 1 is 1.40 bits per heavy atom. The largest absolute Gasteiger partial charge is 0.433 e. The summed E-state index contributed by atoms with van der Waals surface area (Å²) in [5.74, 6) is 3.16. The van der Waals surface area contributed by atoms with Gasteiger partial charge in [0.25, 0.3) is 0 Å². The van der Waals surface area contributed by atoms with Crippen LogP contribution < -0.4 is 4.74 Å². The fraction of sp³-hybridized carbons (Fsp3) is 0.100. The first-order valence-corrected chi connectivity index (χ1v) is 3.83. The molecule has 0 aliphatic rings. The van der Waals surface area contributed by atoms with Gasteiger partial charge in [0, 0.05) is 6.07 Å². The minimum atomic E-state index is -3.07. The molecule has 0 N–H and O–H groups in total. The van der Waals surface area contributed by atoms with Gasteiger partial charge in [0.15, 0.2) is 6.29 Å². The van der Waals surface area contributed by atoms with Gasteiger partial charge in [0.05, 0.1) is 5.56 Å². The van der Waals surface area contributed by atoms with Crippen molar-refractivity contribution in [3.05, 3.63) is 29.6 Å². The van der Waals surface area contributed by atoms with E-state index in [1.54, 1.807) is 0 Å².